The normalized spacial score (nSPS) is 12.9. The van der Waals surface area contributed by atoms with Gasteiger partial charge in [0, 0.05) is 14.1 Å². The van der Waals surface area contributed by atoms with Crippen molar-refractivity contribution in [2.45, 2.75) is 19.9 Å². The van der Waals surface area contributed by atoms with Crippen LogP contribution >= 0.6 is 38.5 Å². The molecule has 0 saturated carbocycles. The maximum absolute atomic E-state index is 3.56. The van der Waals surface area contributed by atoms with Crippen LogP contribution in [0.5, 0.6) is 0 Å². The lowest BCUT2D eigenvalue weighted by molar-refractivity contribution is 0.596. The smallest absolute Gasteiger partial charge is 0.0303 e. The van der Waals surface area contributed by atoms with Crippen LogP contribution in [0.3, 0.4) is 0 Å². The largest absolute Gasteiger partial charge is 0.310 e. The number of rotatable bonds is 3. The van der Waals surface area contributed by atoms with Crippen molar-refractivity contribution < 1.29 is 0 Å². The topological polar surface area (TPSA) is 12.0 Å². The molecule has 0 amide bonds. The van der Waals surface area contributed by atoms with Crippen LogP contribution in [-0.4, -0.2) is 6.54 Å². The first-order valence-corrected chi connectivity index (χ1v) is 6.20. The van der Waals surface area contributed by atoms with Crippen LogP contribution in [0.15, 0.2) is 22.7 Å². The molecular formula is C10H13BrIN. The zero-order valence-corrected chi connectivity index (χ0v) is 11.5. The Bertz CT molecular complexity index is 288. The highest BCUT2D eigenvalue weighted by Gasteiger charge is 2.07. The molecule has 0 heterocycles. The Labute approximate surface area is 102 Å². The number of halogens is 2. The van der Waals surface area contributed by atoms with Gasteiger partial charge in [0.1, 0.15) is 0 Å². The van der Waals surface area contributed by atoms with Gasteiger partial charge in [0.25, 0.3) is 0 Å². The van der Waals surface area contributed by atoms with Gasteiger partial charge in [-0.1, -0.05) is 22.9 Å². The SMILES string of the molecule is CCNC(C)c1cc(I)ccc1Br. The fourth-order valence-electron chi connectivity index (χ4n) is 1.26. The fraction of sp³-hybridized carbons (Fsp3) is 0.400. The predicted molar refractivity (Wildman–Crippen MR) is 69.0 cm³/mol. The van der Waals surface area contributed by atoms with Gasteiger partial charge in [0.05, 0.1) is 0 Å². The summed E-state index contributed by atoms with van der Waals surface area (Å²) in [5.74, 6) is 0. The van der Waals surface area contributed by atoms with E-state index >= 15 is 0 Å². The van der Waals surface area contributed by atoms with Crippen molar-refractivity contribution in [3.63, 3.8) is 0 Å². The van der Waals surface area contributed by atoms with E-state index in [2.05, 4.69) is 75.9 Å². The Hall–Kier alpha value is 0.390. The molecule has 0 spiro atoms. The third-order valence-electron chi connectivity index (χ3n) is 1.93. The molecule has 0 aliphatic rings. The number of benzene rings is 1. The molecule has 0 fully saturated rings. The number of nitrogens with one attached hydrogen (secondary N) is 1. The Morgan fingerprint density at radius 1 is 1.54 bits per heavy atom. The van der Waals surface area contributed by atoms with E-state index in [-0.39, 0.29) is 0 Å². The van der Waals surface area contributed by atoms with Gasteiger partial charge in [0.2, 0.25) is 0 Å². The third-order valence-corrected chi connectivity index (χ3v) is 3.33. The molecule has 1 nitrogen and oxygen atoms in total. The minimum absolute atomic E-state index is 0.411. The summed E-state index contributed by atoms with van der Waals surface area (Å²) in [5.41, 5.74) is 1.33. The molecule has 1 aromatic rings. The maximum atomic E-state index is 3.56. The zero-order valence-electron chi connectivity index (χ0n) is 7.77. The monoisotopic (exact) mass is 353 g/mol. The fourth-order valence-corrected chi connectivity index (χ4v) is 2.37. The molecule has 0 saturated heterocycles. The molecule has 0 radical (unpaired) electrons. The van der Waals surface area contributed by atoms with Crippen molar-refractivity contribution in [3.05, 3.63) is 31.8 Å². The molecule has 13 heavy (non-hydrogen) atoms. The second kappa shape index (κ2) is 5.32. The minimum Gasteiger partial charge on any atom is -0.310 e. The summed E-state index contributed by atoms with van der Waals surface area (Å²) in [4.78, 5) is 0. The lowest BCUT2D eigenvalue weighted by Gasteiger charge is -2.14. The first-order valence-electron chi connectivity index (χ1n) is 4.33. The van der Waals surface area contributed by atoms with Gasteiger partial charge in [-0.25, -0.2) is 0 Å². The molecule has 1 atom stereocenters. The average molecular weight is 354 g/mol. The summed E-state index contributed by atoms with van der Waals surface area (Å²) < 4.78 is 2.46. The molecule has 72 valence electrons. The van der Waals surface area contributed by atoms with Gasteiger partial charge >= 0.3 is 0 Å². The second-order valence-corrected chi connectivity index (χ2v) is 5.05. The van der Waals surface area contributed by atoms with Crippen LogP contribution < -0.4 is 5.32 Å². The van der Waals surface area contributed by atoms with E-state index in [0.29, 0.717) is 6.04 Å². The van der Waals surface area contributed by atoms with Crippen LogP contribution in [0.4, 0.5) is 0 Å². The van der Waals surface area contributed by atoms with Gasteiger partial charge in [-0.15, -0.1) is 0 Å². The Morgan fingerprint density at radius 2 is 2.23 bits per heavy atom. The zero-order chi connectivity index (χ0) is 9.84. The minimum atomic E-state index is 0.411. The summed E-state index contributed by atoms with van der Waals surface area (Å²) in [6, 6.07) is 6.82. The van der Waals surface area contributed by atoms with E-state index < -0.39 is 0 Å². The van der Waals surface area contributed by atoms with Crippen molar-refractivity contribution in [1.29, 1.82) is 0 Å². The molecule has 1 unspecified atom stereocenters. The van der Waals surface area contributed by atoms with Gasteiger partial charge in [-0.3, -0.25) is 0 Å². The molecule has 1 N–H and O–H groups in total. The van der Waals surface area contributed by atoms with Gasteiger partial charge in [-0.2, -0.15) is 0 Å². The van der Waals surface area contributed by atoms with E-state index in [9.17, 15) is 0 Å². The van der Waals surface area contributed by atoms with E-state index in [1.807, 2.05) is 0 Å². The van der Waals surface area contributed by atoms with Crippen molar-refractivity contribution >= 4 is 38.5 Å². The van der Waals surface area contributed by atoms with Crippen molar-refractivity contribution in [1.82, 2.24) is 5.32 Å². The lowest BCUT2D eigenvalue weighted by atomic mass is 10.1. The molecule has 1 rings (SSSR count). The van der Waals surface area contributed by atoms with Crippen molar-refractivity contribution in [2.24, 2.45) is 0 Å². The van der Waals surface area contributed by atoms with Gasteiger partial charge in [0.15, 0.2) is 0 Å². The quantitative estimate of drug-likeness (QED) is 0.816. The molecule has 1 aromatic carbocycles. The second-order valence-electron chi connectivity index (χ2n) is 2.95. The molecular weight excluding hydrogens is 341 g/mol. The van der Waals surface area contributed by atoms with E-state index in [4.69, 9.17) is 0 Å². The van der Waals surface area contributed by atoms with Crippen LogP contribution in [0.25, 0.3) is 0 Å². The van der Waals surface area contributed by atoms with Crippen molar-refractivity contribution in [3.8, 4) is 0 Å². The summed E-state index contributed by atoms with van der Waals surface area (Å²) in [6.45, 7) is 5.30. The van der Waals surface area contributed by atoms with Crippen molar-refractivity contribution in [2.75, 3.05) is 6.54 Å². The third kappa shape index (κ3) is 3.22. The molecule has 0 bridgehead atoms. The standard InChI is InChI=1S/C10H13BrIN/c1-3-13-7(2)9-6-8(12)4-5-10(9)11/h4-7,13H,3H2,1-2H3. The molecule has 0 aliphatic carbocycles. The van der Waals surface area contributed by atoms with E-state index in [1.54, 1.807) is 0 Å². The average Bonchev–Trinajstić information content (AvgIpc) is 2.09. The van der Waals surface area contributed by atoms with E-state index in [0.717, 1.165) is 6.54 Å². The highest BCUT2D eigenvalue weighted by Crippen LogP contribution is 2.24. The highest BCUT2D eigenvalue weighted by atomic mass is 127. The molecule has 0 aromatic heterocycles. The summed E-state index contributed by atoms with van der Waals surface area (Å²) in [7, 11) is 0. The Morgan fingerprint density at radius 3 is 2.85 bits per heavy atom. The first kappa shape index (κ1) is 11.5. The number of hydrogen-bond acceptors (Lipinski definition) is 1. The van der Waals surface area contributed by atoms with Crippen LogP contribution in [0.2, 0.25) is 0 Å². The summed E-state index contributed by atoms with van der Waals surface area (Å²) in [5, 5.41) is 3.40. The van der Waals surface area contributed by atoms with Crippen LogP contribution in [-0.2, 0) is 0 Å². The first-order chi connectivity index (χ1) is 6.15. The highest BCUT2D eigenvalue weighted by molar-refractivity contribution is 14.1. The summed E-state index contributed by atoms with van der Waals surface area (Å²) in [6.07, 6.45) is 0. The number of hydrogen-bond donors (Lipinski definition) is 1. The Balaban J connectivity index is 2.91. The van der Waals surface area contributed by atoms with E-state index in [1.165, 1.54) is 13.6 Å². The van der Waals surface area contributed by atoms with Crippen LogP contribution in [0.1, 0.15) is 25.5 Å². The maximum Gasteiger partial charge on any atom is 0.0303 e. The molecule has 3 heteroatoms. The molecule has 0 aliphatic heterocycles. The van der Waals surface area contributed by atoms with Crippen LogP contribution in [0, 0.1) is 3.57 Å². The summed E-state index contributed by atoms with van der Waals surface area (Å²) >= 11 is 5.89. The Kier molecular flexibility index (Phi) is 4.69. The predicted octanol–water partition coefficient (Wildman–Crippen LogP) is 3.72. The van der Waals surface area contributed by atoms with Gasteiger partial charge < -0.3 is 5.32 Å². The van der Waals surface area contributed by atoms with Gasteiger partial charge in [-0.05, 0) is 59.8 Å². The lowest BCUT2D eigenvalue weighted by Crippen LogP contribution is -2.18.